The van der Waals surface area contributed by atoms with Crippen LogP contribution in [0.3, 0.4) is 0 Å². The second-order valence-electron chi connectivity index (χ2n) is 3.91. The van der Waals surface area contributed by atoms with Crippen LogP contribution in [0.5, 0.6) is 5.75 Å². The van der Waals surface area contributed by atoms with Crippen LogP contribution < -0.4 is 10.1 Å². The lowest BCUT2D eigenvalue weighted by atomic mass is 10.2. The first-order valence-corrected chi connectivity index (χ1v) is 6.48. The molecular weight excluding hydrogens is 290 g/mol. The number of carbonyl (C=O) groups is 1. The lowest BCUT2D eigenvalue weighted by Crippen LogP contribution is -2.08. The summed E-state index contributed by atoms with van der Waals surface area (Å²) in [5.41, 5.74) is 0.0616. The Bertz CT molecular complexity index is 634. The monoisotopic (exact) mass is 305 g/mol. The quantitative estimate of drug-likeness (QED) is 0.270. The van der Waals surface area contributed by atoms with E-state index in [0.29, 0.717) is 5.69 Å². The van der Waals surface area contributed by atoms with Gasteiger partial charge < -0.3 is 14.8 Å². The van der Waals surface area contributed by atoms with E-state index >= 15 is 0 Å². The van der Waals surface area contributed by atoms with E-state index in [1.165, 1.54) is 24.4 Å². The normalized spacial score (nSPS) is 10.5. The fourth-order valence-electron chi connectivity index (χ4n) is 1.53. The molecular formula is C14H15N3O5. The Morgan fingerprint density at radius 2 is 2.18 bits per heavy atom. The number of esters is 1. The Morgan fingerprint density at radius 3 is 2.73 bits per heavy atom. The van der Waals surface area contributed by atoms with Crippen LogP contribution in [0.25, 0.3) is 0 Å². The van der Waals surface area contributed by atoms with Gasteiger partial charge in [-0.3, -0.25) is 10.1 Å². The summed E-state index contributed by atoms with van der Waals surface area (Å²) < 4.78 is 9.91. The van der Waals surface area contributed by atoms with Crippen LogP contribution in [-0.4, -0.2) is 24.1 Å². The van der Waals surface area contributed by atoms with Crippen LogP contribution in [-0.2, 0) is 9.53 Å². The largest absolute Gasteiger partial charge is 0.487 e. The number of nitro benzene ring substituents is 1. The number of nitrogens with one attached hydrogen (secondary N) is 1. The predicted molar refractivity (Wildman–Crippen MR) is 78.2 cm³/mol. The van der Waals surface area contributed by atoms with Gasteiger partial charge in [-0.25, -0.2) is 4.79 Å². The van der Waals surface area contributed by atoms with E-state index in [2.05, 4.69) is 5.32 Å². The summed E-state index contributed by atoms with van der Waals surface area (Å²) in [5, 5.41) is 22.5. The van der Waals surface area contributed by atoms with Crippen LogP contribution in [0.15, 0.2) is 30.0 Å². The van der Waals surface area contributed by atoms with Crippen molar-refractivity contribution in [1.82, 2.24) is 0 Å². The van der Waals surface area contributed by atoms with Gasteiger partial charge in [-0.1, -0.05) is 0 Å². The molecule has 22 heavy (non-hydrogen) atoms. The highest BCUT2D eigenvalue weighted by Gasteiger charge is 2.15. The third-order valence-corrected chi connectivity index (χ3v) is 2.46. The molecule has 0 aliphatic carbocycles. The average molecular weight is 305 g/mol. The highest BCUT2D eigenvalue weighted by molar-refractivity contribution is 5.93. The summed E-state index contributed by atoms with van der Waals surface area (Å²) in [6.07, 6.45) is 1.18. The Balaban J connectivity index is 2.98. The van der Waals surface area contributed by atoms with Crippen LogP contribution in [0.4, 0.5) is 11.4 Å². The third-order valence-electron chi connectivity index (χ3n) is 2.46. The van der Waals surface area contributed by atoms with Gasteiger partial charge >= 0.3 is 11.7 Å². The molecule has 0 aromatic heterocycles. The van der Waals surface area contributed by atoms with Crippen molar-refractivity contribution < 1.29 is 19.2 Å². The average Bonchev–Trinajstić information content (AvgIpc) is 2.48. The van der Waals surface area contributed by atoms with Crippen molar-refractivity contribution >= 4 is 17.3 Å². The maximum absolute atomic E-state index is 11.4. The standard InChI is InChI=1S/C14H15N3O5/c1-3-21-13-7-11(5-6-12(13)17(19)20)16-9-10(8-15)14(18)22-4-2/h5-7,9,16H,3-4H2,1-2H3. The molecule has 0 fully saturated rings. The molecule has 0 atom stereocenters. The van der Waals surface area contributed by atoms with Crippen LogP contribution in [0.2, 0.25) is 0 Å². The fourth-order valence-corrected chi connectivity index (χ4v) is 1.53. The van der Waals surface area contributed by atoms with Gasteiger partial charge in [-0.15, -0.1) is 0 Å². The number of nitriles is 1. The molecule has 8 heteroatoms. The molecule has 0 saturated carbocycles. The van der Waals surface area contributed by atoms with E-state index in [4.69, 9.17) is 14.7 Å². The molecule has 0 aliphatic heterocycles. The number of ether oxygens (including phenoxy) is 2. The summed E-state index contributed by atoms with van der Waals surface area (Å²) in [5.74, 6) is -0.648. The van der Waals surface area contributed by atoms with Crippen molar-refractivity contribution in [2.45, 2.75) is 13.8 Å². The molecule has 0 heterocycles. The molecule has 1 rings (SSSR count). The molecule has 0 bridgehead atoms. The second kappa shape index (κ2) is 8.26. The molecule has 8 nitrogen and oxygen atoms in total. The minimum atomic E-state index is -0.746. The van der Waals surface area contributed by atoms with Gasteiger partial charge in [-0.2, -0.15) is 5.26 Å². The van der Waals surface area contributed by atoms with Crippen molar-refractivity contribution in [3.05, 3.63) is 40.1 Å². The van der Waals surface area contributed by atoms with Crippen molar-refractivity contribution in [1.29, 1.82) is 5.26 Å². The third kappa shape index (κ3) is 4.49. The summed E-state index contributed by atoms with van der Waals surface area (Å²) in [6, 6.07) is 5.84. The Morgan fingerprint density at radius 1 is 1.45 bits per heavy atom. The predicted octanol–water partition coefficient (Wildman–Crippen LogP) is 2.38. The van der Waals surface area contributed by atoms with Crippen LogP contribution in [0, 0.1) is 21.4 Å². The zero-order chi connectivity index (χ0) is 16.5. The fraction of sp³-hybridized carbons (Fsp3) is 0.286. The van der Waals surface area contributed by atoms with Gasteiger partial charge in [0.2, 0.25) is 0 Å². The van der Waals surface area contributed by atoms with E-state index in [9.17, 15) is 14.9 Å². The molecule has 0 aliphatic rings. The summed E-state index contributed by atoms with van der Waals surface area (Å²) in [4.78, 5) is 21.8. The molecule has 0 unspecified atom stereocenters. The van der Waals surface area contributed by atoms with Gasteiger partial charge in [0.15, 0.2) is 11.3 Å². The first kappa shape index (κ1) is 17.0. The van der Waals surface area contributed by atoms with Crippen molar-refractivity contribution in [2.75, 3.05) is 18.5 Å². The molecule has 1 aromatic rings. The molecule has 0 spiro atoms. The first-order valence-electron chi connectivity index (χ1n) is 6.48. The van der Waals surface area contributed by atoms with Gasteiger partial charge in [0.25, 0.3) is 0 Å². The first-order chi connectivity index (χ1) is 10.5. The molecule has 1 aromatic carbocycles. The van der Waals surface area contributed by atoms with Crippen LogP contribution >= 0.6 is 0 Å². The molecule has 0 amide bonds. The Kier molecular flexibility index (Phi) is 6.37. The molecule has 116 valence electrons. The van der Waals surface area contributed by atoms with E-state index in [1.54, 1.807) is 19.9 Å². The molecule has 0 radical (unpaired) electrons. The van der Waals surface area contributed by atoms with E-state index in [-0.39, 0.29) is 30.2 Å². The topological polar surface area (TPSA) is 114 Å². The van der Waals surface area contributed by atoms with Crippen LogP contribution in [0.1, 0.15) is 13.8 Å². The number of hydrogen-bond donors (Lipinski definition) is 1. The highest BCUT2D eigenvalue weighted by Crippen LogP contribution is 2.30. The lowest BCUT2D eigenvalue weighted by Gasteiger charge is -2.07. The number of benzene rings is 1. The minimum absolute atomic E-state index is 0.0977. The maximum atomic E-state index is 11.4. The van der Waals surface area contributed by atoms with Gasteiger partial charge in [0, 0.05) is 24.0 Å². The van der Waals surface area contributed by atoms with Gasteiger partial charge in [0.1, 0.15) is 6.07 Å². The number of anilines is 1. The zero-order valence-corrected chi connectivity index (χ0v) is 12.2. The second-order valence-corrected chi connectivity index (χ2v) is 3.91. The Hall–Kier alpha value is -3.08. The summed E-state index contributed by atoms with van der Waals surface area (Å²) in [6.45, 7) is 3.76. The maximum Gasteiger partial charge on any atom is 0.350 e. The lowest BCUT2D eigenvalue weighted by molar-refractivity contribution is -0.385. The van der Waals surface area contributed by atoms with Gasteiger partial charge in [0.05, 0.1) is 18.1 Å². The summed E-state index contributed by atoms with van der Waals surface area (Å²) in [7, 11) is 0. The number of nitrogens with zero attached hydrogens (tertiary/aromatic N) is 2. The van der Waals surface area contributed by atoms with Crippen molar-refractivity contribution in [3.63, 3.8) is 0 Å². The SMILES string of the molecule is CCOC(=O)C(C#N)=CNc1ccc([N+](=O)[O-])c(OCC)c1. The zero-order valence-electron chi connectivity index (χ0n) is 12.2. The number of rotatable bonds is 7. The van der Waals surface area contributed by atoms with E-state index in [0.717, 1.165) is 0 Å². The number of nitro groups is 1. The van der Waals surface area contributed by atoms with Gasteiger partial charge in [-0.05, 0) is 19.9 Å². The smallest absolute Gasteiger partial charge is 0.350 e. The van der Waals surface area contributed by atoms with E-state index in [1.807, 2.05) is 0 Å². The van der Waals surface area contributed by atoms with Crippen molar-refractivity contribution in [3.8, 4) is 11.8 Å². The van der Waals surface area contributed by atoms with E-state index < -0.39 is 10.9 Å². The minimum Gasteiger partial charge on any atom is -0.487 e. The van der Waals surface area contributed by atoms with Crippen molar-refractivity contribution in [2.24, 2.45) is 0 Å². The molecule has 1 N–H and O–H groups in total. The summed E-state index contributed by atoms with van der Waals surface area (Å²) >= 11 is 0. The number of hydrogen-bond acceptors (Lipinski definition) is 7. The molecule has 0 saturated heterocycles. The Labute approximate surface area is 127 Å². The number of carbonyl (C=O) groups excluding carboxylic acids is 1. The highest BCUT2D eigenvalue weighted by atomic mass is 16.6.